The molecule has 1 amide bonds. The van der Waals surface area contributed by atoms with Crippen molar-refractivity contribution in [3.05, 3.63) is 40.4 Å². The van der Waals surface area contributed by atoms with Gasteiger partial charge in [0.2, 0.25) is 0 Å². The average molecular weight is 377 g/mol. The molecule has 0 saturated carbocycles. The van der Waals surface area contributed by atoms with Crippen molar-refractivity contribution in [1.82, 2.24) is 10.2 Å². The van der Waals surface area contributed by atoms with Crippen LogP contribution in [0.5, 0.6) is 5.75 Å². The summed E-state index contributed by atoms with van der Waals surface area (Å²) >= 11 is 3.43. The van der Waals surface area contributed by atoms with Gasteiger partial charge in [-0.15, -0.1) is 0 Å². The maximum atomic E-state index is 12.4. The van der Waals surface area contributed by atoms with Gasteiger partial charge >= 0.3 is 0 Å². The van der Waals surface area contributed by atoms with Crippen LogP contribution in [-0.2, 0) is 0 Å². The molecular weight excluding hydrogens is 356 g/mol. The number of rotatable bonds is 4. The summed E-state index contributed by atoms with van der Waals surface area (Å²) in [5.74, 6) is -0.191. The van der Waals surface area contributed by atoms with Gasteiger partial charge in [0.05, 0.1) is 5.56 Å². The molecule has 23 heavy (non-hydrogen) atoms. The number of amides is 1. The monoisotopic (exact) mass is 376 g/mol. The molecule has 0 bridgehead atoms. The summed E-state index contributed by atoms with van der Waals surface area (Å²) in [6.45, 7) is 4.89. The van der Waals surface area contributed by atoms with Crippen molar-refractivity contribution in [2.75, 3.05) is 19.6 Å². The lowest BCUT2D eigenvalue weighted by Gasteiger charge is -2.23. The number of likely N-dealkylation sites (N-methyl/N-ethyl adjacent to an activating group) is 1. The lowest BCUT2D eigenvalue weighted by atomic mass is 10.1. The number of halogens is 1. The van der Waals surface area contributed by atoms with E-state index < -0.39 is 0 Å². The molecule has 3 rings (SSSR count). The van der Waals surface area contributed by atoms with E-state index in [0.29, 0.717) is 18.2 Å². The number of carbonyl (C=O) groups is 1. The van der Waals surface area contributed by atoms with Gasteiger partial charge in [-0.3, -0.25) is 9.69 Å². The molecule has 1 fully saturated rings. The fraction of sp³-hybridized carbons (Fsp3) is 0.389. The molecule has 5 heteroatoms. The van der Waals surface area contributed by atoms with E-state index >= 15 is 0 Å². The van der Waals surface area contributed by atoms with Gasteiger partial charge in [-0.25, -0.2) is 0 Å². The third-order valence-corrected chi connectivity index (χ3v) is 5.06. The molecule has 1 atom stereocenters. The summed E-state index contributed by atoms with van der Waals surface area (Å²) in [5.41, 5.74) is 0.330. The Morgan fingerprint density at radius 1 is 1.35 bits per heavy atom. The Morgan fingerprint density at radius 3 is 2.96 bits per heavy atom. The maximum Gasteiger partial charge on any atom is 0.255 e. The van der Waals surface area contributed by atoms with E-state index in [0.717, 1.165) is 34.8 Å². The molecule has 2 aromatic rings. The normalized spacial score (nSPS) is 18.4. The van der Waals surface area contributed by atoms with Gasteiger partial charge in [-0.1, -0.05) is 28.9 Å². The zero-order chi connectivity index (χ0) is 16.4. The smallest absolute Gasteiger partial charge is 0.255 e. The summed E-state index contributed by atoms with van der Waals surface area (Å²) in [6.07, 6.45) is 2.30. The van der Waals surface area contributed by atoms with Crippen LogP contribution in [0.1, 0.15) is 30.1 Å². The highest BCUT2D eigenvalue weighted by Gasteiger charge is 2.23. The molecular formula is C18H21BrN2O2. The van der Waals surface area contributed by atoms with Gasteiger partial charge in [-0.05, 0) is 61.0 Å². The maximum absolute atomic E-state index is 12.4. The number of nitrogens with one attached hydrogen (secondary N) is 1. The Balaban J connectivity index is 1.76. The van der Waals surface area contributed by atoms with E-state index in [-0.39, 0.29) is 11.7 Å². The standard InChI is InChI=1S/C18H21BrN2O2/c1-2-21-7-3-4-15(21)11-20-18(23)16-9-13-8-14(19)6-5-12(13)10-17(16)22/h5-6,8-10,15,22H,2-4,7,11H2,1H3,(H,20,23). The predicted molar refractivity (Wildman–Crippen MR) is 95.9 cm³/mol. The number of fused-ring (bicyclic) bond motifs is 1. The first-order chi connectivity index (χ1) is 11.1. The molecule has 0 aromatic heterocycles. The second kappa shape index (κ2) is 6.89. The third kappa shape index (κ3) is 3.51. The topological polar surface area (TPSA) is 52.6 Å². The minimum Gasteiger partial charge on any atom is -0.507 e. The van der Waals surface area contributed by atoms with E-state index in [1.165, 1.54) is 6.42 Å². The van der Waals surface area contributed by atoms with Gasteiger partial charge in [0.15, 0.2) is 0 Å². The molecule has 1 aliphatic rings. The van der Waals surface area contributed by atoms with Crippen LogP contribution in [0.2, 0.25) is 0 Å². The van der Waals surface area contributed by atoms with Gasteiger partial charge in [0.1, 0.15) is 5.75 Å². The largest absolute Gasteiger partial charge is 0.507 e. The van der Waals surface area contributed by atoms with Gasteiger partial charge in [0.25, 0.3) is 5.91 Å². The molecule has 122 valence electrons. The molecule has 1 unspecified atom stereocenters. The second-order valence-electron chi connectivity index (χ2n) is 6.00. The molecule has 1 saturated heterocycles. The van der Waals surface area contributed by atoms with Crippen LogP contribution in [0.4, 0.5) is 0 Å². The second-order valence-corrected chi connectivity index (χ2v) is 6.91. The van der Waals surface area contributed by atoms with E-state index in [1.807, 2.05) is 18.2 Å². The first-order valence-corrected chi connectivity index (χ1v) is 8.82. The third-order valence-electron chi connectivity index (χ3n) is 4.56. The summed E-state index contributed by atoms with van der Waals surface area (Å²) in [4.78, 5) is 14.8. The number of phenols is 1. The van der Waals surface area contributed by atoms with Crippen molar-refractivity contribution in [2.24, 2.45) is 0 Å². The number of nitrogens with zero attached hydrogens (tertiary/aromatic N) is 1. The van der Waals surface area contributed by atoms with E-state index in [1.54, 1.807) is 12.1 Å². The van der Waals surface area contributed by atoms with Gasteiger partial charge in [0, 0.05) is 17.1 Å². The molecule has 4 nitrogen and oxygen atoms in total. The summed E-state index contributed by atoms with van der Waals surface area (Å²) < 4.78 is 0.951. The highest BCUT2D eigenvalue weighted by molar-refractivity contribution is 9.10. The molecule has 2 aromatic carbocycles. The summed E-state index contributed by atoms with van der Waals surface area (Å²) in [6, 6.07) is 9.57. The van der Waals surface area contributed by atoms with Crippen molar-refractivity contribution < 1.29 is 9.90 Å². The van der Waals surface area contributed by atoms with Crippen molar-refractivity contribution in [3.63, 3.8) is 0 Å². The number of hydrogen-bond donors (Lipinski definition) is 2. The molecule has 0 aliphatic carbocycles. The number of likely N-dealkylation sites (tertiary alicyclic amines) is 1. The average Bonchev–Trinajstić information content (AvgIpc) is 3.00. The molecule has 1 aliphatic heterocycles. The highest BCUT2D eigenvalue weighted by Crippen LogP contribution is 2.27. The van der Waals surface area contributed by atoms with Crippen molar-refractivity contribution >= 4 is 32.6 Å². The van der Waals surface area contributed by atoms with Crippen molar-refractivity contribution in [1.29, 1.82) is 0 Å². The van der Waals surface area contributed by atoms with Crippen LogP contribution < -0.4 is 5.32 Å². The Morgan fingerprint density at radius 2 is 2.17 bits per heavy atom. The highest BCUT2D eigenvalue weighted by atomic mass is 79.9. The number of hydrogen-bond acceptors (Lipinski definition) is 3. The van der Waals surface area contributed by atoms with Crippen molar-refractivity contribution in [2.45, 2.75) is 25.8 Å². The van der Waals surface area contributed by atoms with Crippen LogP contribution >= 0.6 is 15.9 Å². The SMILES string of the molecule is CCN1CCCC1CNC(=O)c1cc2cc(Br)ccc2cc1O. The molecule has 2 N–H and O–H groups in total. The van der Waals surface area contributed by atoms with E-state index in [9.17, 15) is 9.90 Å². The Hall–Kier alpha value is -1.59. The van der Waals surface area contributed by atoms with Crippen LogP contribution in [0.25, 0.3) is 10.8 Å². The van der Waals surface area contributed by atoms with Crippen LogP contribution in [0.3, 0.4) is 0 Å². The molecule has 0 spiro atoms. The lowest BCUT2D eigenvalue weighted by Crippen LogP contribution is -2.40. The Kier molecular flexibility index (Phi) is 4.87. The fourth-order valence-corrected chi connectivity index (χ4v) is 3.67. The number of phenolic OH excluding ortho intramolecular Hbond substituents is 1. The van der Waals surface area contributed by atoms with Gasteiger partial charge < -0.3 is 10.4 Å². The zero-order valence-corrected chi connectivity index (χ0v) is 14.8. The van der Waals surface area contributed by atoms with Crippen molar-refractivity contribution in [3.8, 4) is 5.75 Å². The number of carbonyl (C=O) groups excluding carboxylic acids is 1. The zero-order valence-electron chi connectivity index (χ0n) is 13.2. The molecule has 1 heterocycles. The van der Waals surface area contributed by atoms with Crippen LogP contribution in [0, 0.1) is 0 Å². The number of aromatic hydroxyl groups is 1. The minimum absolute atomic E-state index is 0.0242. The molecule has 0 radical (unpaired) electrons. The lowest BCUT2D eigenvalue weighted by molar-refractivity contribution is 0.0939. The van der Waals surface area contributed by atoms with E-state index in [4.69, 9.17) is 0 Å². The summed E-state index contributed by atoms with van der Waals surface area (Å²) in [7, 11) is 0. The fourth-order valence-electron chi connectivity index (χ4n) is 3.29. The Bertz CT molecular complexity index is 732. The predicted octanol–water partition coefficient (Wildman–Crippen LogP) is 3.52. The first kappa shape index (κ1) is 16.3. The quantitative estimate of drug-likeness (QED) is 0.857. The minimum atomic E-state index is -0.215. The Labute approximate surface area is 144 Å². The summed E-state index contributed by atoms with van der Waals surface area (Å²) in [5, 5.41) is 15.0. The van der Waals surface area contributed by atoms with Crippen LogP contribution in [-0.4, -0.2) is 41.6 Å². The first-order valence-electron chi connectivity index (χ1n) is 8.03. The van der Waals surface area contributed by atoms with Crippen LogP contribution in [0.15, 0.2) is 34.8 Å². The number of benzene rings is 2. The van der Waals surface area contributed by atoms with E-state index in [2.05, 4.69) is 33.1 Å². The van der Waals surface area contributed by atoms with Gasteiger partial charge in [-0.2, -0.15) is 0 Å².